The lowest BCUT2D eigenvalue weighted by molar-refractivity contribution is 0.332. The summed E-state index contributed by atoms with van der Waals surface area (Å²) < 4.78 is 3.41. The summed E-state index contributed by atoms with van der Waals surface area (Å²) >= 11 is 5.96. The molecule has 1 fully saturated rings. The molecule has 2 heterocycles. The molecule has 0 spiro atoms. The van der Waals surface area contributed by atoms with Crippen molar-refractivity contribution in [3.63, 3.8) is 0 Å². The van der Waals surface area contributed by atoms with Crippen LogP contribution in [-0.4, -0.2) is 14.0 Å². The van der Waals surface area contributed by atoms with Crippen LogP contribution in [0.15, 0.2) is 23.1 Å². The van der Waals surface area contributed by atoms with Gasteiger partial charge in [-0.05, 0) is 25.0 Å². The second-order valence-corrected chi connectivity index (χ2v) is 5.11. The Morgan fingerprint density at radius 1 is 1.33 bits per heavy atom. The summed E-state index contributed by atoms with van der Waals surface area (Å²) in [6.07, 6.45) is 7.50. The molecule has 2 aromatic heterocycles. The van der Waals surface area contributed by atoms with Gasteiger partial charge in [-0.2, -0.15) is 0 Å². The largest absolute Gasteiger partial charge is 0.335 e. The Hall–Kier alpha value is -1.29. The smallest absolute Gasteiger partial charge is 0.277 e. The molecule has 5 heteroatoms. The van der Waals surface area contributed by atoms with E-state index in [9.17, 15) is 4.79 Å². The summed E-state index contributed by atoms with van der Waals surface area (Å²) in [4.78, 5) is 17.0. The molecule has 1 aliphatic carbocycles. The number of halogens is 1. The zero-order chi connectivity index (χ0) is 12.5. The Morgan fingerprint density at radius 2 is 2.11 bits per heavy atom. The summed E-state index contributed by atoms with van der Waals surface area (Å²) in [6, 6.07) is 3.94. The third kappa shape index (κ3) is 1.85. The van der Waals surface area contributed by atoms with Gasteiger partial charge in [0.15, 0.2) is 0 Å². The highest BCUT2D eigenvalue weighted by molar-refractivity contribution is 6.16. The number of rotatable bonds is 2. The van der Waals surface area contributed by atoms with E-state index in [0.717, 1.165) is 12.8 Å². The van der Waals surface area contributed by atoms with Crippen LogP contribution in [0.4, 0.5) is 0 Å². The molecule has 4 nitrogen and oxygen atoms in total. The van der Waals surface area contributed by atoms with Crippen molar-refractivity contribution in [1.82, 2.24) is 14.0 Å². The van der Waals surface area contributed by atoms with Gasteiger partial charge in [0.1, 0.15) is 11.5 Å². The average molecular weight is 266 g/mol. The lowest BCUT2D eigenvalue weighted by Gasteiger charge is -2.25. The third-order valence-corrected chi connectivity index (χ3v) is 3.96. The maximum absolute atomic E-state index is 12.5. The van der Waals surface area contributed by atoms with E-state index in [4.69, 9.17) is 11.6 Å². The van der Waals surface area contributed by atoms with Crippen LogP contribution in [0.25, 0.3) is 5.65 Å². The van der Waals surface area contributed by atoms with E-state index in [1.165, 1.54) is 19.3 Å². The Balaban J connectivity index is 2.18. The van der Waals surface area contributed by atoms with Crippen LogP contribution >= 0.6 is 11.6 Å². The number of hydrogen-bond acceptors (Lipinski definition) is 2. The van der Waals surface area contributed by atoms with E-state index in [1.54, 1.807) is 15.2 Å². The summed E-state index contributed by atoms with van der Waals surface area (Å²) in [5.74, 6) is 0.979. The van der Waals surface area contributed by atoms with Gasteiger partial charge in [-0.25, -0.2) is 9.78 Å². The van der Waals surface area contributed by atoms with Crippen molar-refractivity contribution in [2.24, 2.45) is 0 Å². The van der Waals surface area contributed by atoms with Crippen LogP contribution in [0, 0.1) is 0 Å². The molecule has 1 saturated carbocycles. The van der Waals surface area contributed by atoms with Crippen molar-refractivity contribution >= 4 is 17.2 Å². The van der Waals surface area contributed by atoms with E-state index in [-0.39, 0.29) is 17.6 Å². The van der Waals surface area contributed by atoms with E-state index < -0.39 is 0 Å². The van der Waals surface area contributed by atoms with Crippen LogP contribution in [-0.2, 0) is 5.88 Å². The predicted molar refractivity (Wildman–Crippen MR) is 71.1 cm³/mol. The predicted octanol–water partition coefficient (Wildman–Crippen LogP) is 2.74. The Kier molecular flexibility index (Phi) is 3.12. The molecular weight excluding hydrogens is 250 g/mol. The topological polar surface area (TPSA) is 39.3 Å². The maximum atomic E-state index is 12.5. The molecule has 0 aromatic carbocycles. The molecule has 2 aromatic rings. The van der Waals surface area contributed by atoms with E-state index >= 15 is 0 Å². The van der Waals surface area contributed by atoms with E-state index in [1.807, 2.05) is 12.1 Å². The molecule has 3 rings (SSSR count). The van der Waals surface area contributed by atoms with E-state index in [2.05, 4.69) is 4.98 Å². The lowest BCUT2D eigenvalue weighted by atomic mass is 9.95. The number of hydrogen-bond donors (Lipinski definition) is 0. The lowest BCUT2D eigenvalue weighted by Crippen LogP contribution is -2.34. The van der Waals surface area contributed by atoms with Crippen molar-refractivity contribution in [2.75, 3.05) is 0 Å². The fourth-order valence-corrected chi connectivity index (χ4v) is 3.03. The van der Waals surface area contributed by atoms with Crippen LogP contribution < -0.4 is 5.69 Å². The van der Waals surface area contributed by atoms with Gasteiger partial charge in [0.05, 0.1) is 5.88 Å². The monoisotopic (exact) mass is 265 g/mol. The first-order valence-electron chi connectivity index (χ1n) is 6.45. The number of nitrogens with zero attached hydrogens (tertiary/aromatic N) is 3. The quantitative estimate of drug-likeness (QED) is 0.784. The molecule has 1 aliphatic rings. The van der Waals surface area contributed by atoms with Crippen molar-refractivity contribution in [2.45, 2.75) is 44.0 Å². The van der Waals surface area contributed by atoms with Crippen LogP contribution in [0.3, 0.4) is 0 Å². The summed E-state index contributed by atoms with van der Waals surface area (Å²) in [5.41, 5.74) is 0.676. The summed E-state index contributed by atoms with van der Waals surface area (Å²) in [5, 5.41) is 0. The molecular formula is C13H16ClN3O. The van der Waals surface area contributed by atoms with Gasteiger partial charge in [0.25, 0.3) is 0 Å². The van der Waals surface area contributed by atoms with Crippen molar-refractivity contribution in [3.8, 4) is 0 Å². The second kappa shape index (κ2) is 4.76. The van der Waals surface area contributed by atoms with Gasteiger partial charge >= 0.3 is 5.69 Å². The van der Waals surface area contributed by atoms with E-state index in [0.29, 0.717) is 11.5 Å². The first kappa shape index (κ1) is 11.8. The van der Waals surface area contributed by atoms with Gasteiger partial charge in [-0.3, -0.25) is 8.97 Å². The molecule has 0 atom stereocenters. The second-order valence-electron chi connectivity index (χ2n) is 4.84. The highest BCUT2D eigenvalue weighted by Gasteiger charge is 2.20. The van der Waals surface area contributed by atoms with Crippen molar-refractivity contribution in [3.05, 3.63) is 34.6 Å². The molecule has 96 valence electrons. The van der Waals surface area contributed by atoms with Crippen LogP contribution in [0.2, 0.25) is 0 Å². The zero-order valence-electron chi connectivity index (χ0n) is 10.2. The Labute approximate surface area is 110 Å². The van der Waals surface area contributed by atoms with Crippen molar-refractivity contribution in [1.29, 1.82) is 0 Å². The fourth-order valence-electron chi connectivity index (χ4n) is 2.84. The normalized spacial score (nSPS) is 17.4. The first-order valence-corrected chi connectivity index (χ1v) is 6.99. The minimum absolute atomic E-state index is 0.00690. The number of aromatic nitrogens is 3. The highest BCUT2D eigenvalue weighted by Crippen LogP contribution is 2.28. The number of alkyl halides is 1. The van der Waals surface area contributed by atoms with Gasteiger partial charge in [-0.15, -0.1) is 11.6 Å². The molecule has 0 aliphatic heterocycles. The van der Waals surface area contributed by atoms with Crippen LogP contribution in [0.1, 0.15) is 44.0 Å². The fraction of sp³-hybridized carbons (Fsp3) is 0.538. The molecule has 0 N–H and O–H groups in total. The minimum atomic E-state index is -0.00690. The van der Waals surface area contributed by atoms with Crippen molar-refractivity contribution < 1.29 is 0 Å². The molecule has 0 amide bonds. The Bertz CT molecular complexity index is 610. The maximum Gasteiger partial charge on any atom is 0.335 e. The summed E-state index contributed by atoms with van der Waals surface area (Å²) in [6.45, 7) is 0. The van der Waals surface area contributed by atoms with Gasteiger partial charge in [0, 0.05) is 12.2 Å². The molecule has 0 saturated heterocycles. The van der Waals surface area contributed by atoms with Gasteiger partial charge in [-0.1, -0.05) is 19.3 Å². The van der Waals surface area contributed by atoms with Gasteiger partial charge in [0.2, 0.25) is 0 Å². The highest BCUT2D eigenvalue weighted by atomic mass is 35.5. The third-order valence-electron chi connectivity index (χ3n) is 3.72. The van der Waals surface area contributed by atoms with Gasteiger partial charge < -0.3 is 0 Å². The summed E-state index contributed by atoms with van der Waals surface area (Å²) in [7, 11) is 0. The minimum Gasteiger partial charge on any atom is -0.277 e. The Morgan fingerprint density at radius 3 is 2.83 bits per heavy atom. The SMILES string of the molecule is O=c1n(C2CCCCC2)c(CCl)nc2cccn12. The zero-order valence-corrected chi connectivity index (χ0v) is 10.9. The molecule has 18 heavy (non-hydrogen) atoms. The molecule has 0 unspecified atom stereocenters. The standard InChI is InChI=1S/C13H16ClN3O/c14-9-12-15-11-7-4-8-16(11)13(18)17(12)10-5-2-1-3-6-10/h4,7-8,10H,1-3,5-6,9H2. The number of fused-ring (bicyclic) bond motifs is 1. The average Bonchev–Trinajstić information content (AvgIpc) is 2.88. The molecule has 0 bridgehead atoms. The molecule has 0 radical (unpaired) electrons. The van der Waals surface area contributed by atoms with Crippen LogP contribution in [0.5, 0.6) is 0 Å². The first-order chi connectivity index (χ1) is 8.81.